The van der Waals surface area contributed by atoms with Crippen molar-refractivity contribution in [3.05, 3.63) is 65.9 Å². The number of ether oxygens (including phenoxy) is 1. The number of aromatic nitrogens is 1. The Labute approximate surface area is 165 Å². The molecule has 0 radical (unpaired) electrons. The molecule has 1 aromatic heterocycles. The largest absolute Gasteiger partial charge is 0.497 e. The molecule has 2 aliphatic rings. The average Bonchev–Trinajstić information content (AvgIpc) is 3.41. The lowest BCUT2D eigenvalue weighted by atomic mass is 10.2. The molecular weight excluding hydrogens is 350 g/mol. The van der Waals surface area contributed by atoms with E-state index in [1.165, 1.54) is 5.56 Å². The van der Waals surface area contributed by atoms with Gasteiger partial charge in [-0.05, 0) is 36.2 Å². The van der Waals surface area contributed by atoms with Gasteiger partial charge in [0.2, 0.25) is 0 Å². The van der Waals surface area contributed by atoms with Gasteiger partial charge in [0.15, 0.2) is 0 Å². The summed E-state index contributed by atoms with van der Waals surface area (Å²) in [6, 6.07) is 19.3. The van der Waals surface area contributed by atoms with E-state index < -0.39 is 0 Å². The number of likely N-dealkylation sites (tertiary alicyclic amines) is 2. The molecule has 0 spiro atoms. The molecule has 28 heavy (non-hydrogen) atoms. The summed E-state index contributed by atoms with van der Waals surface area (Å²) in [6.45, 7) is 2.75. The molecule has 0 unspecified atom stereocenters. The third-order valence-corrected chi connectivity index (χ3v) is 6.31. The number of amides is 1. The molecule has 2 saturated heterocycles. The van der Waals surface area contributed by atoms with Gasteiger partial charge in [0, 0.05) is 49.7 Å². The van der Waals surface area contributed by atoms with Gasteiger partial charge in [-0.15, -0.1) is 0 Å². The van der Waals surface area contributed by atoms with E-state index in [9.17, 15) is 4.79 Å². The highest BCUT2D eigenvalue weighted by Crippen LogP contribution is 2.34. The first-order valence-corrected chi connectivity index (χ1v) is 9.86. The van der Waals surface area contributed by atoms with Crippen LogP contribution in [0.2, 0.25) is 0 Å². The van der Waals surface area contributed by atoms with Crippen molar-refractivity contribution >= 4 is 16.8 Å². The fraction of sp³-hybridized carbons (Fsp3) is 0.348. The van der Waals surface area contributed by atoms with Crippen LogP contribution in [0.25, 0.3) is 10.9 Å². The maximum atomic E-state index is 13.3. The van der Waals surface area contributed by atoms with Crippen LogP contribution in [0.1, 0.15) is 22.5 Å². The van der Waals surface area contributed by atoms with Crippen molar-refractivity contribution in [2.75, 3.05) is 20.2 Å². The number of piperazine rings is 1. The second kappa shape index (κ2) is 6.67. The van der Waals surface area contributed by atoms with Crippen LogP contribution in [0, 0.1) is 0 Å². The Bertz CT molecular complexity index is 1030. The number of benzene rings is 2. The number of methoxy groups -OCH3 is 1. The quantitative estimate of drug-likeness (QED) is 0.702. The van der Waals surface area contributed by atoms with Gasteiger partial charge < -0.3 is 14.2 Å². The van der Waals surface area contributed by atoms with E-state index in [-0.39, 0.29) is 5.91 Å². The summed E-state index contributed by atoms with van der Waals surface area (Å²) in [5.41, 5.74) is 3.15. The Morgan fingerprint density at radius 3 is 2.61 bits per heavy atom. The molecule has 2 aromatic carbocycles. The van der Waals surface area contributed by atoms with E-state index in [4.69, 9.17) is 4.74 Å². The summed E-state index contributed by atoms with van der Waals surface area (Å²) in [7, 11) is 3.64. The Morgan fingerprint density at radius 2 is 1.89 bits per heavy atom. The number of aryl methyl sites for hydroxylation is 1. The standard InChI is InChI=1S/C23H25N3O2/c1-24-21-9-8-20(28-2)10-17(21)11-22(24)23(27)26-15-18-12-19(26)14-25(18)13-16-6-4-3-5-7-16/h3-11,18-19H,12-15H2,1-2H3/t18-,19-/m0/s1. The van der Waals surface area contributed by atoms with E-state index in [0.717, 1.165) is 48.4 Å². The second-order valence-corrected chi connectivity index (χ2v) is 7.93. The van der Waals surface area contributed by atoms with E-state index >= 15 is 0 Å². The Balaban J connectivity index is 1.34. The molecule has 2 atom stereocenters. The summed E-state index contributed by atoms with van der Waals surface area (Å²) in [5.74, 6) is 0.957. The number of nitrogens with zero attached hydrogens (tertiary/aromatic N) is 3. The molecule has 0 aliphatic carbocycles. The minimum absolute atomic E-state index is 0.143. The van der Waals surface area contributed by atoms with Crippen LogP contribution >= 0.6 is 0 Å². The summed E-state index contributed by atoms with van der Waals surface area (Å²) in [4.78, 5) is 17.9. The van der Waals surface area contributed by atoms with Gasteiger partial charge in [0.1, 0.15) is 11.4 Å². The second-order valence-electron chi connectivity index (χ2n) is 7.93. The monoisotopic (exact) mass is 375 g/mol. The van der Waals surface area contributed by atoms with Crippen molar-refractivity contribution in [1.82, 2.24) is 14.4 Å². The summed E-state index contributed by atoms with van der Waals surface area (Å²) < 4.78 is 7.33. The number of fused-ring (bicyclic) bond motifs is 3. The molecule has 5 nitrogen and oxygen atoms in total. The number of hydrogen-bond donors (Lipinski definition) is 0. The number of carbonyl (C=O) groups excluding carboxylic acids is 1. The highest BCUT2D eigenvalue weighted by atomic mass is 16.5. The molecule has 0 N–H and O–H groups in total. The highest BCUT2D eigenvalue weighted by molar-refractivity contribution is 5.99. The molecule has 3 heterocycles. The number of carbonyl (C=O) groups is 1. The predicted molar refractivity (Wildman–Crippen MR) is 110 cm³/mol. The molecule has 5 heteroatoms. The third-order valence-electron chi connectivity index (χ3n) is 6.31. The van der Waals surface area contributed by atoms with Crippen molar-refractivity contribution in [2.45, 2.75) is 25.0 Å². The molecule has 2 fully saturated rings. The summed E-state index contributed by atoms with van der Waals surface area (Å²) >= 11 is 0. The Hall–Kier alpha value is -2.79. The SMILES string of the molecule is COc1ccc2c(c1)cc(C(=O)N1C[C@@H]3C[C@H]1CN3Cc1ccccc1)n2C. The van der Waals surface area contributed by atoms with Crippen LogP contribution in [-0.2, 0) is 13.6 Å². The van der Waals surface area contributed by atoms with Crippen LogP contribution in [0.3, 0.4) is 0 Å². The van der Waals surface area contributed by atoms with Gasteiger partial charge >= 0.3 is 0 Å². The predicted octanol–water partition coefficient (Wildman–Crippen LogP) is 3.29. The average molecular weight is 375 g/mol. The smallest absolute Gasteiger partial charge is 0.270 e. The molecule has 3 aromatic rings. The fourth-order valence-corrected chi connectivity index (χ4v) is 4.82. The zero-order chi connectivity index (χ0) is 19.3. The normalized spacial score (nSPS) is 21.6. The highest BCUT2D eigenvalue weighted by Gasteiger charge is 2.45. The van der Waals surface area contributed by atoms with E-state index in [2.05, 4.69) is 40.1 Å². The lowest BCUT2D eigenvalue weighted by molar-refractivity contribution is 0.0607. The maximum absolute atomic E-state index is 13.3. The minimum atomic E-state index is 0.143. The van der Waals surface area contributed by atoms with Crippen molar-refractivity contribution < 1.29 is 9.53 Å². The van der Waals surface area contributed by atoms with Crippen LogP contribution in [0.5, 0.6) is 5.75 Å². The van der Waals surface area contributed by atoms with Crippen LogP contribution in [0.4, 0.5) is 0 Å². The van der Waals surface area contributed by atoms with E-state index in [1.807, 2.05) is 35.9 Å². The van der Waals surface area contributed by atoms with Crippen LogP contribution in [0.15, 0.2) is 54.6 Å². The van der Waals surface area contributed by atoms with Gasteiger partial charge in [-0.2, -0.15) is 0 Å². The first-order chi connectivity index (χ1) is 13.6. The van der Waals surface area contributed by atoms with Gasteiger partial charge in [0.25, 0.3) is 5.91 Å². The van der Waals surface area contributed by atoms with Crippen LogP contribution in [-0.4, -0.2) is 52.6 Å². The molecule has 1 amide bonds. The lowest BCUT2D eigenvalue weighted by Gasteiger charge is -2.34. The number of rotatable bonds is 4. The molecule has 144 valence electrons. The van der Waals surface area contributed by atoms with Crippen molar-refractivity contribution in [3.63, 3.8) is 0 Å². The van der Waals surface area contributed by atoms with Crippen LogP contribution < -0.4 is 4.74 Å². The zero-order valence-electron chi connectivity index (χ0n) is 16.3. The molecule has 2 aliphatic heterocycles. The van der Waals surface area contributed by atoms with Crippen molar-refractivity contribution in [1.29, 1.82) is 0 Å². The van der Waals surface area contributed by atoms with Gasteiger partial charge in [-0.3, -0.25) is 9.69 Å². The van der Waals surface area contributed by atoms with Gasteiger partial charge in [0.05, 0.1) is 7.11 Å². The first kappa shape index (κ1) is 17.3. The minimum Gasteiger partial charge on any atom is -0.497 e. The van der Waals surface area contributed by atoms with Gasteiger partial charge in [-0.1, -0.05) is 30.3 Å². The van der Waals surface area contributed by atoms with Crippen molar-refractivity contribution in [2.24, 2.45) is 7.05 Å². The Morgan fingerprint density at radius 1 is 1.07 bits per heavy atom. The Kier molecular flexibility index (Phi) is 4.13. The number of hydrogen-bond acceptors (Lipinski definition) is 3. The molecular formula is C23H25N3O2. The zero-order valence-corrected chi connectivity index (χ0v) is 16.3. The third kappa shape index (κ3) is 2.78. The maximum Gasteiger partial charge on any atom is 0.270 e. The summed E-state index contributed by atoms with van der Waals surface area (Å²) in [5, 5.41) is 1.04. The van der Waals surface area contributed by atoms with E-state index in [0.29, 0.717) is 12.1 Å². The fourth-order valence-electron chi connectivity index (χ4n) is 4.82. The van der Waals surface area contributed by atoms with E-state index in [1.54, 1.807) is 7.11 Å². The summed E-state index contributed by atoms with van der Waals surface area (Å²) in [6.07, 6.45) is 1.08. The molecule has 0 saturated carbocycles. The van der Waals surface area contributed by atoms with Crippen molar-refractivity contribution in [3.8, 4) is 5.75 Å². The molecule has 2 bridgehead atoms. The molecule has 5 rings (SSSR count). The first-order valence-electron chi connectivity index (χ1n) is 9.86. The lowest BCUT2D eigenvalue weighted by Crippen LogP contribution is -2.48. The topological polar surface area (TPSA) is 37.7 Å². The van der Waals surface area contributed by atoms with Gasteiger partial charge in [-0.25, -0.2) is 0 Å².